The number of hydrogen-bond acceptors (Lipinski definition) is 3. The molecule has 0 spiro atoms. The third-order valence-electron chi connectivity index (χ3n) is 6.61. The van der Waals surface area contributed by atoms with Crippen LogP contribution in [0.4, 0.5) is 11.4 Å². The maximum Gasteiger partial charge on any atom is 0.256 e. The molecule has 2 aliphatic heterocycles. The van der Waals surface area contributed by atoms with Crippen molar-refractivity contribution in [2.24, 2.45) is 0 Å². The van der Waals surface area contributed by atoms with Gasteiger partial charge in [-0.1, -0.05) is 31.9 Å². The summed E-state index contributed by atoms with van der Waals surface area (Å²) in [4.78, 5) is 30.4. The highest BCUT2D eigenvalue weighted by Gasteiger charge is 2.25. The normalized spacial score (nSPS) is 15.9. The van der Waals surface area contributed by atoms with Crippen LogP contribution in [-0.4, -0.2) is 42.9 Å². The lowest BCUT2D eigenvalue weighted by Crippen LogP contribution is -2.30. The number of unbranched alkanes of at least 4 members (excludes halogenated alkanes) is 2. The summed E-state index contributed by atoms with van der Waals surface area (Å²) in [6, 6.07) is 13.7. The van der Waals surface area contributed by atoms with Gasteiger partial charge >= 0.3 is 0 Å². The zero-order chi connectivity index (χ0) is 22.3. The fourth-order valence-corrected chi connectivity index (χ4v) is 4.71. The summed E-state index contributed by atoms with van der Waals surface area (Å²) in [6.07, 6.45) is 9.11. The van der Waals surface area contributed by atoms with Crippen molar-refractivity contribution < 1.29 is 9.59 Å². The van der Waals surface area contributed by atoms with Crippen LogP contribution >= 0.6 is 0 Å². The van der Waals surface area contributed by atoms with Gasteiger partial charge in [0.15, 0.2) is 0 Å². The van der Waals surface area contributed by atoms with Gasteiger partial charge in [-0.15, -0.1) is 0 Å². The highest BCUT2D eigenvalue weighted by molar-refractivity contribution is 6.06. The SMILES string of the molecule is CCCCCc1ccc(C(=O)Nc2ccc(N3CCCC3)c(C(=O)N3CCCC3)c2)cc1. The van der Waals surface area contributed by atoms with Gasteiger partial charge in [0.25, 0.3) is 11.8 Å². The lowest BCUT2D eigenvalue weighted by Gasteiger charge is -2.24. The maximum absolute atomic E-state index is 13.3. The summed E-state index contributed by atoms with van der Waals surface area (Å²) in [6.45, 7) is 5.81. The Balaban J connectivity index is 1.49. The number of amides is 2. The fraction of sp³-hybridized carbons (Fsp3) is 0.481. The van der Waals surface area contributed by atoms with Gasteiger partial charge in [-0.2, -0.15) is 0 Å². The predicted molar refractivity (Wildman–Crippen MR) is 131 cm³/mol. The molecule has 2 aliphatic rings. The van der Waals surface area contributed by atoms with Gasteiger partial charge < -0.3 is 15.1 Å². The van der Waals surface area contributed by atoms with E-state index in [1.807, 2.05) is 47.4 Å². The zero-order valence-corrected chi connectivity index (χ0v) is 19.2. The Bertz CT molecular complexity index is 926. The van der Waals surface area contributed by atoms with Crippen molar-refractivity contribution in [3.05, 3.63) is 59.2 Å². The molecule has 170 valence electrons. The molecular weight excluding hydrogens is 398 g/mol. The van der Waals surface area contributed by atoms with E-state index in [9.17, 15) is 9.59 Å². The van der Waals surface area contributed by atoms with E-state index < -0.39 is 0 Å². The van der Waals surface area contributed by atoms with Crippen LogP contribution in [0, 0.1) is 0 Å². The molecule has 4 rings (SSSR count). The monoisotopic (exact) mass is 433 g/mol. The quantitative estimate of drug-likeness (QED) is 0.559. The van der Waals surface area contributed by atoms with E-state index >= 15 is 0 Å². The van der Waals surface area contributed by atoms with Crippen LogP contribution in [-0.2, 0) is 6.42 Å². The first-order valence-corrected chi connectivity index (χ1v) is 12.2. The Labute approximate surface area is 191 Å². The number of carbonyl (C=O) groups is 2. The van der Waals surface area contributed by atoms with Gasteiger partial charge in [0.05, 0.1) is 5.56 Å². The summed E-state index contributed by atoms with van der Waals surface area (Å²) < 4.78 is 0. The second-order valence-electron chi connectivity index (χ2n) is 9.03. The molecule has 5 heteroatoms. The molecule has 2 amide bonds. The number of nitrogens with zero attached hydrogens (tertiary/aromatic N) is 2. The van der Waals surface area contributed by atoms with Gasteiger partial charge in [0, 0.05) is 43.1 Å². The molecule has 0 bridgehead atoms. The smallest absolute Gasteiger partial charge is 0.256 e. The number of benzene rings is 2. The molecule has 0 aromatic heterocycles. The number of anilines is 2. The number of hydrogen-bond donors (Lipinski definition) is 1. The van der Waals surface area contributed by atoms with Crippen molar-refractivity contribution in [2.75, 3.05) is 36.4 Å². The minimum Gasteiger partial charge on any atom is -0.371 e. The lowest BCUT2D eigenvalue weighted by molar-refractivity contribution is 0.0793. The molecular formula is C27H35N3O2. The van der Waals surface area contributed by atoms with Crippen LogP contribution in [0.3, 0.4) is 0 Å². The van der Waals surface area contributed by atoms with Gasteiger partial charge in [0.2, 0.25) is 0 Å². The van der Waals surface area contributed by atoms with Crippen molar-refractivity contribution in [1.29, 1.82) is 0 Å². The van der Waals surface area contributed by atoms with Crippen molar-refractivity contribution in [3.8, 4) is 0 Å². The Hall–Kier alpha value is -2.82. The standard InChI is InChI=1S/C27H35N3O2/c1-2-3-4-9-21-10-12-22(13-11-21)26(31)28-23-14-15-25(29-16-5-6-17-29)24(20-23)27(32)30-18-7-8-19-30/h10-15,20H,2-9,16-19H2,1H3,(H,28,31). The topological polar surface area (TPSA) is 52.7 Å². The summed E-state index contributed by atoms with van der Waals surface area (Å²) in [5.41, 5.74) is 4.28. The summed E-state index contributed by atoms with van der Waals surface area (Å²) in [7, 11) is 0. The first kappa shape index (κ1) is 22.4. The molecule has 0 radical (unpaired) electrons. The van der Waals surface area contributed by atoms with Crippen LogP contribution in [0.5, 0.6) is 0 Å². The van der Waals surface area contributed by atoms with Crippen LogP contribution in [0.25, 0.3) is 0 Å². The summed E-state index contributed by atoms with van der Waals surface area (Å²) >= 11 is 0. The molecule has 0 aliphatic carbocycles. The fourth-order valence-electron chi connectivity index (χ4n) is 4.71. The van der Waals surface area contributed by atoms with Gasteiger partial charge in [0.1, 0.15) is 0 Å². The molecule has 1 N–H and O–H groups in total. The third-order valence-corrected chi connectivity index (χ3v) is 6.61. The summed E-state index contributed by atoms with van der Waals surface area (Å²) in [5.74, 6) is -0.0597. The highest BCUT2D eigenvalue weighted by Crippen LogP contribution is 2.29. The van der Waals surface area contributed by atoms with Crippen molar-refractivity contribution >= 4 is 23.2 Å². The van der Waals surface area contributed by atoms with Crippen molar-refractivity contribution in [1.82, 2.24) is 4.90 Å². The van der Waals surface area contributed by atoms with Crippen molar-refractivity contribution in [3.63, 3.8) is 0 Å². The van der Waals surface area contributed by atoms with Crippen LogP contribution in [0.1, 0.15) is 78.1 Å². The molecule has 2 fully saturated rings. The molecule has 0 saturated carbocycles. The molecule has 0 atom stereocenters. The average Bonchev–Trinajstić information content (AvgIpc) is 3.54. The Morgan fingerprint density at radius 2 is 1.56 bits per heavy atom. The highest BCUT2D eigenvalue weighted by atomic mass is 16.2. The molecule has 0 unspecified atom stereocenters. The summed E-state index contributed by atoms with van der Waals surface area (Å²) in [5, 5.41) is 3.01. The first-order chi connectivity index (χ1) is 15.7. The largest absolute Gasteiger partial charge is 0.371 e. The number of carbonyl (C=O) groups excluding carboxylic acids is 2. The molecule has 2 heterocycles. The Morgan fingerprint density at radius 1 is 0.875 bits per heavy atom. The van der Waals surface area contributed by atoms with Gasteiger partial charge in [-0.25, -0.2) is 0 Å². The lowest BCUT2D eigenvalue weighted by atomic mass is 10.0. The second-order valence-corrected chi connectivity index (χ2v) is 9.03. The van der Waals surface area contributed by atoms with Gasteiger partial charge in [-0.05, 0) is 74.4 Å². The molecule has 2 saturated heterocycles. The molecule has 2 aromatic carbocycles. The Kier molecular flexibility index (Phi) is 7.46. The first-order valence-electron chi connectivity index (χ1n) is 12.2. The number of rotatable bonds is 8. The number of aryl methyl sites for hydroxylation is 1. The van der Waals surface area contributed by atoms with E-state index in [2.05, 4.69) is 17.1 Å². The predicted octanol–water partition coefficient (Wildman–Crippen LogP) is 5.51. The van der Waals surface area contributed by atoms with Crippen LogP contribution < -0.4 is 10.2 Å². The maximum atomic E-state index is 13.3. The number of nitrogens with one attached hydrogen (secondary N) is 1. The third kappa shape index (κ3) is 5.32. The minimum atomic E-state index is -0.140. The van der Waals surface area contributed by atoms with Gasteiger partial charge in [-0.3, -0.25) is 9.59 Å². The minimum absolute atomic E-state index is 0.0805. The van der Waals surface area contributed by atoms with Crippen LogP contribution in [0.2, 0.25) is 0 Å². The zero-order valence-electron chi connectivity index (χ0n) is 19.2. The number of likely N-dealkylation sites (tertiary alicyclic amines) is 1. The second kappa shape index (κ2) is 10.7. The van der Waals surface area contributed by atoms with Crippen LogP contribution in [0.15, 0.2) is 42.5 Å². The molecule has 32 heavy (non-hydrogen) atoms. The van der Waals surface area contributed by atoms with Crippen molar-refractivity contribution in [2.45, 2.75) is 58.3 Å². The van der Waals surface area contributed by atoms with E-state index in [1.165, 1.54) is 24.8 Å². The van der Waals surface area contributed by atoms with E-state index in [-0.39, 0.29) is 11.8 Å². The molecule has 2 aromatic rings. The van der Waals surface area contributed by atoms with E-state index in [1.54, 1.807) is 0 Å². The van der Waals surface area contributed by atoms with E-state index in [0.717, 1.165) is 64.0 Å². The van der Waals surface area contributed by atoms with E-state index in [0.29, 0.717) is 16.8 Å². The average molecular weight is 434 g/mol. The van der Waals surface area contributed by atoms with E-state index in [4.69, 9.17) is 0 Å². The Morgan fingerprint density at radius 3 is 2.25 bits per heavy atom. The molecule has 5 nitrogen and oxygen atoms in total.